The molecule has 2 aromatic heterocycles. The van der Waals surface area contributed by atoms with Gasteiger partial charge in [0.2, 0.25) is 5.91 Å². The number of rotatable bonds is 7. The van der Waals surface area contributed by atoms with Crippen LogP contribution in [0.2, 0.25) is 0 Å². The number of aromatic nitrogens is 4. The zero-order valence-electron chi connectivity index (χ0n) is 15.2. The minimum atomic E-state index is 0.186. The second-order valence-electron chi connectivity index (χ2n) is 7.59. The molecule has 0 bridgehead atoms. The number of hydrogen-bond acceptors (Lipinski definition) is 4. The molecule has 2 aliphatic carbocycles. The van der Waals surface area contributed by atoms with Gasteiger partial charge in [-0.1, -0.05) is 19.3 Å². The SMILES string of the molecule is O=C(CC1CCCCC1)NCCn1ncc(-c2cnccn2)c1C1CC1. The van der Waals surface area contributed by atoms with E-state index in [1.54, 1.807) is 18.6 Å². The minimum Gasteiger partial charge on any atom is -0.354 e. The molecule has 6 nitrogen and oxygen atoms in total. The Balaban J connectivity index is 1.35. The van der Waals surface area contributed by atoms with Crippen molar-refractivity contribution in [3.05, 3.63) is 30.5 Å². The van der Waals surface area contributed by atoms with Crippen molar-refractivity contribution >= 4 is 5.91 Å². The van der Waals surface area contributed by atoms with E-state index in [4.69, 9.17) is 0 Å². The third-order valence-electron chi connectivity index (χ3n) is 5.53. The predicted molar refractivity (Wildman–Crippen MR) is 99.4 cm³/mol. The van der Waals surface area contributed by atoms with E-state index in [2.05, 4.69) is 20.4 Å². The summed E-state index contributed by atoms with van der Waals surface area (Å²) in [5.74, 6) is 1.33. The van der Waals surface area contributed by atoms with Crippen LogP contribution in [-0.4, -0.2) is 32.2 Å². The van der Waals surface area contributed by atoms with Gasteiger partial charge in [0.25, 0.3) is 0 Å². The number of nitrogens with zero attached hydrogens (tertiary/aromatic N) is 4. The van der Waals surface area contributed by atoms with Crippen molar-refractivity contribution in [3.63, 3.8) is 0 Å². The standard InChI is InChI=1S/C20H27N5O/c26-19(12-15-4-2-1-3-5-15)23-10-11-25-20(16-6-7-16)17(13-24-25)18-14-21-8-9-22-18/h8-9,13-16H,1-7,10-12H2,(H,23,26). The van der Waals surface area contributed by atoms with E-state index in [9.17, 15) is 4.79 Å². The number of hydrogen-bond donors (Lipinski definition) is 1. The highest BCUT2D eigenvalue weighted by molar-refractivity contribution is 5.76. The van der Waals surface area contributed by atoms with Crippen molar-refractivity contribution in [1.29, 1.82) is 0 Å². The Labute approximate surface area is 154 Å². The Morgan fingerprint density at radius 2 is 1.96 bits per heavy atom. The molecule has 2 aromatic rings. The molecule has 2 aliphatic rings. The van der Waals surface area contributed by atoms with E-state index in [1.165, 1.54) is 50.6 Å². The van der Waals surface area contributed by atoms with Crippen molar-refractivity contribution in [2.24, 2.45) is 5.92 Å². The molecule has 26 heavy (non-hydrogen) atoms. The molecule has 6 heteroatoms. The van der Waals surface area contributed by atoms with E-state index in [1.807, 2.05) is 10.9 Å². The fraction of sp³-hybridized carbons (Fsp3) is 0.600. The third kappa shape index (κ3) is 4.11. The summed E-state index contributed by atoms with van der Waals surface area (Å²) in [6.07, 6.45) is 16.5. The molecule has 2 heterocycles. The molecule has 0 spiro atoms. The van der Waals surface area contributed by atoms with Crippen molar-refractivity contribution in [2.45, 2.75) is 63.8 Å². The van der Waals surface area contributed by atoms with Crippen LogP contribution in [0.15, 0.2) is 24.8 Å². The zero-order chi connectivity index (χ0) is 17.8. The maximum absolute atomic E-state index is 12.2. The molecule has 0 unspecified atom stereocenters. The maximum Gasteiger partial charge on any atom is 0.220 e. The average molecular weight is 353 g/mol. The highest BCUT2D eigenvalue weighted by Gasteiger charge is 2.31. The summed E-state index contributed by atoms with van der Waals surface area (Å²) in [5.41, 5.74) is 3.20. The topological polar surface area (TPSA) is 72.7 Å². The van der Waals surface area contributed by atoms with Crippen LogP contribution in [-0.2, 0) is 11.3 Å². The van der Waals surface area contributed by atoms with Crippen molar-refractivity contribution in [3.8, 4) is 11.3 Å². The molecular weight excluding hydrogens is 326 g/mol. The van der Waals surface area contributed by atoms with Gasteiger partial charge < -0.3 is 5.32 Å². The summed E-state index contributed by atoms with van der Waals surface area (Å²) in [6.45, 7) is 1.34. The summed E-state index contributed by atoms with van der Waals surface area (Å²) in [4.78, 5) is 20.8. The second-order valence-corrected chi connectivity index (χ2v) is 7.59. The van der Waals surface area contributed by atoms with E-state index in [0.29, 0.717) is 31.3 Å². The quantitative estimate of drug-likeness (QED) is 0.829. The van der Waals surface area contributed by atoms with Gasteiger partial charge in [-0.25, -0.2) is 0 Å². The van der Waals surface area contributed by atoms with Crippen LogP contribution in [0.25, 0.3) is 11.3 Å². The first kappa shape index (κ1) is 17.2. The summed E-state index contributed by atoms with van der Waals surface area (Å²) >= 11 is 0. The smallest absolute Gasteiger partial charge is 0.220 e. The average Bonchev–Trinajstić information content (AvgIpc) is 3.43. The fourth-order valence-corrected chi connectivity index (χ4v) is 4.02. The van der Waals surface area contributed by atoms with E-state index >= 15 is 0 Å². The van der Waals surface area contributed by atoms with Crippen LogP contribution in [0.1, 0.15) is 63.0 Å². The highest BCUT2D eigenvalue weighted by Crippen LogP contribution is 2.43. The van der Waals surface area contributed by atoms with Crippen molar-refractivity contribution < 1.29 is 4.79 Å². The molecule has 1 N–H and O–H groups in total. The molecule has 2 fully saturated rings. The van der Waals surface area contributed by atoms with Crippen LogP contribution in [0, 0.1) is 5.92 Å². The molecule has 0 radical (unpaired) electrons. The van der Waals surface area contributed by atoms with Crippen LogP contribution in [0.5, 0.6) is 0 Å². The second kappa shape index (κ2) is 7.98. The Kier molecular flexibility index (Phi) is 5.27. The highest BCUT2D eigenvalue weighted by atomic mass is 16.1. The van der Waals surface area contributed by atoms with Crippen LogP contribution in [0.4, 0.5) is 0 Å². The number of carbonyl (C=O) groups is 1. The summed E-state index contributed by atoms with van der Waals surface area (Å²) in [7, 11) is 0. The van der Waals surface area contributed by atoms with Gasteiger partial charge in [0.1, 0.15) is 0 Å². The van der Waals surface area contributed by atoms with Gasteiger partial charge in [-0.15, -0.1) is 0 Å². The number of amides is 1. The van der Waals surface area contributed by atoms with Crippen molar-refractivity contribution in [2.75, 3.05) is 6.54 Å². The number of carbonyl (C=O) groups excluding carboxylic acids is 1. The van der Waals surface area contributed by atoms with Crippen LogP contribution in [0.3, 0.4) is 0 Å². The summed E-state index contributed by atoms with van der Waals surface area (Å²) in [6, 6.07) is 0. The normalized spacial score (nSPS) is 18.0. The van der Waals surface area contributed by atoms with Crippen LogP contribution < -0.4 is 5.32 Å². The molecule has 0 aromatic carbocycles. The third-order valence-corrected chi connectivity index (χ3v) is 5.53. The number of nitrogens with one attached hydrogen (secondary N) is 1. The molecule has 2 saturated carbocycles. The van der Waals surface area contributed by atoms with Crippen LogP contribution >= 0.6 is 0 Å². The Bertz CT molecular complexity index is 732. The Morgan fingerprint density at radius 1 is 1.12 bits per heavy atom. The summed E-state index contributed by atoms with van der Waals surface area (Å²) < 4.78 is 2.04. The first-order valence-electron chi connectivity index (χ1n) is 9.90. The van der Waals surface area contributed by atoms with Gasteiger partial charge in [-0.05, 0) is 31.6 Å². The molecule has 0 aliphatic heterocycles. The van der Waals surface area contributed by atoms with E-state index in [-0.39, 0.29) is 5.91 Å². The fourth-order valence-electron chi connectivity index (χ4n) is 4.02. The molecule has 4 rings (SSSR count). The molecule has 0 saturated heterocycles. The summed E-state index contributed by atoms with van der Waals surface area (Å²) in [5, 5.41) is 7.65. The monoisotopic (exact) mass is 353 g/mol. The zero-order valence-corrected chi connectivity index (χ0v) is 15.2. The minimum absolute atomic E-state index is 0.186. The van der Waals surface area contributed by atoms with Gasteiger partial charge in [-0.2, -0.15) is 5.10 Å². The maximum atomic E-state index is 12.2. The first-order chi connectivity index (χ1) is 12.8. The van der Waals surface area contributed by atoms with E-state index < -0.39 is 0 Å². The van der Waals surface area contributed by atoms with Crippen molar-refractivity contribution in [1.82, 2.24) is 25.1 Å². The van der Waals surface area contributed by atoms with Gasteiger partial charge in [0, 0.05) is 36.8 Å². The lowest BCUT2D eigenvalue weighted by Gasteiger charge is -2.20. The Morgan fingerprint density at radius 3 is 2.69 bits per heavy atom. The van der Waals surface area contributed by atoms with Gasteiger partial charge >= 0.3 is 0 Å². The van der Waals surface area contributed by atoms with Gasteiger partial charge in [-0.3, -0.25) is 19.4 Å². The molecule has 1 amide bonds. The Hall–Kier alpha value is -2.24. The molecular formula is C20H27N5O. The lowest BCUT2D eigenvalue weighted by molar-refractivity contribution is -0.122. The van der Waals surface area contributed by atoms with Gasteiger partial charge in [0.05, 0.1) is 30.3 Å². The largest absolute Gasteiger partial charge is 0.354 e. The molecule has 0 atom stereocenters. The first-order valence-corrected chi connectivity index (χ1v) is 9.90. The molecule has 138 valence electrons. The van der Waals surface area contributed by atoms with Gasteiger partial charge in [0.15, 0.2) is 0 Å². The lowest BCUT2D eigenvalue weighted by atomic mass is 9.87. The predicted octanol–water partition coefficient (Wildman–Crippen LogP) is 3.30. The van der Waals surface area contributed by atoms with E-state index in [0.717, 1.165) is 11.3 Å². The lowest BCUT2D eigenvalue weighted by Crippen LogP contribution is -2.29.